The Balaban J connectivity index is 1.43. The minimum Gasteiger partial charge on any atom is -0.380 e. The molecule has 0 bridgehead atoms. The summed E-state index contributed by atoms with van der Waals surface area (Å²) in [6.45, 7) is 5.52. The highest BCUT2D eigenvalue weighted by Crippen LogP contribution is 2.25. The minimum atomic E-state index is 0.522. The number of fused-ring (bicyclic) bond motifs is 1. The van der Waals surface area contributed by atoms with Gasteiger partial charge in [-0.1, -0.05) is 12.1 Å². The molecule has 0 radical (unpaired) electrons. The van der Waals surface area contributed by atoms with E-state index in [-0.39, 0.29) is 0 Å². The van der Waals surface area contributed by atoms with Crippen molar-refractivity contribution in [2.24, 2.45) is 0 Å². The van der Waals surface area contributed by atoms with Gasteiger partial charge in [-0.05, 0) is 42.5 Å². The van der Waals surface area contributed by atoms with Gasteiger partial charge < -0.3 is 5.32 Å². The van der Waals surface area contributed by atoms with Crippen LogP contribution in [0.1, 0.15) is 16.9 Å². The van der Waals surface area contributed by atoms with Crippen LogP contribution in [0.25, 0.3) is 10.8 Å². The number of nitrogens with one attached hydrogen (secondary N) is 1. The van der Waals surface area contributed by atoms with Crippen molar-refractivity contribution in [3.8, 4) is 0 Å². The van der Waals surface area contributed by atoms with Crippen molar-refractivity contribution in [2.45, 2.75) is 25.9 Å². The Morgan fingerprint density at radius 2 is 2.30 bits per heavy atom. The van der Waals surface area contributed by atoms with Gasteiger partial charge in [-0.15, -0.1) is 11.3 Å². The number of aryl methyl sites for hydroxylation is 1. The second-order valence-electron chi connectivity index (χ2n) is 6.33. The van der Waals surface area contributed by atoms with Gasteiger partial charge in [0.2, 0.25) is 0 Å². The quantitative estimate of drug-likeness (QED) is 0.776. The molecule has 1 aliphatic heterocycles. The number of anilines is 1. The van der Waals surface area contributed by atoms with E-state index in [0.29, 0.717) is 6.04 Å². The molecule has 0 amide bonds. The first kappa shape index (κ1) is 14.7. The third-order valence-electron chi connectivity index (χ3n) is 4.50. The van der Waals surface area contributed by atoms with Gasteiger partial charge in [-0.2, -0.15) is 0 Å². The fraction of sp³-hybridized carbons (Fsp3) is 0.316. The SMILES string of the molecule is Cc1cc(CN2CC[C@@H](Nc3cccc4cnccc34)C2)cs1. The number of nitrogens with zero attached hydrogens (tertiary/aromatic N) is 2. The molecule has 1 saturated heterocycles. The summed E-state index contributed by atoms with van der Waals surface area (Å²) in [7, 11) is 0. The van der Waals surface area contributed by atoms with E-state index in [4.69, 9.17) is 0 Å². The van der Waals surface area contributed by atoms with Crippen LogP contribution < -0.4 is 5.32 Å². The average molecular weight is 323 g/mol. The van der Waals surface area contributed by atoms with Gasteiger partial charge in [0, 0.05) is 59.4 Å². The second kappa shape index (κ2) is 6.30. The highest BCUT2D eigenvalue weighted by atomic mass is 32.1. The molecule has 1 N–H and O–H groups in total. The summed E-state index contributed by atoms with van der Waals surface area (Å²) in [6, 6.07) is 11.3. The first-order chi connectivity index (χ1) is 11.3. The molecule has 0 saturated carbocycles. The van der Waals surface area contributed by atoms with Crippen molar-refractivity contribution >= 4 is 27.8 Å². The summed E-state index contributed by atoms with van der Waals surface area (Å²) in [6.07, 6.45) is 5.00. The third-order valence-corrected chi connectivity index (χ3v) is 5.41. The second-order valence-corrected chi connectivity index (χ2v) is 7.45. The number of thiophene rings is 1. The van der Waals surface area contributed by atoms with Crippen LogP contribution >= 0.6 is 11.3 Å². The predicted molar refractivity (Wildman–Crippen MR) is 98.1 cm³/mol. The van der Waals surface area contributed by atoms with E-state index in [1.54, 1.807) is 0 Å². The molecule has 1 atom stereocenters. The predicted octanol–water partition coefficient (Wildman–Crippen LogP) is 4.29. The Kier molecular flexibility index (Phi) is 4.02. The van der Waals surface area contributed by atoms with E-state index in [1.165, 1.54) is 39.9 Å². The topological polar surface area (TPSA) is 28.2 Å². The Labute approximate surface area is 141 Å². The normalized spacial score (nSPS) is 18.6. The average Bonchev–Trinajstić information content (AvgIpc) is 3.17. The zero-order valence-electron chi connectivity index (χ0n) is 13.3. The van der Waals surface area contributed by atoms with Gasteiger partial charge in [0.15, 0.2) is 0 Å². The van der Waals surface area contributed by atoms with Crippen LogP contribution in [0.15, 0.2) is 48.1 Å². The molecule has 0 spiro atoms. The van der Waals surface area contributed by atoms with E-state index >= 15 is 0 Å². The van der Waals surface area contributed by atoms with Crippen LogP contribution in [-0.4, -0.2) is 29.0 Å². The number of likely N-dealkylation sites (tertiary alicyclic amines) is 1. The Bertz CT molecular complexity index is 806. The molecule has 4 rings (SSSR count). The third kappa shape index (κ3) is 3.23. The molecule has 3 nitrogen and oxygen atoms in total. The molecule has 1 aliphatic rings. The molecule has 118 valence electrons. The molecule has 23 heavy (non-hydrogen) atoms. The lowest BCUT2D eigenvalue weighted by Gasteiger charge is -2.18. The lowest BCUT2D eigenvalue weighted by atomic mass is 10.1. The number of aromatic nitrogens is 1. The number of pyridine rings is 1. The van der Waals surface area contributed by atoms with Crippen LogP contribution in [0, 0.1) is 6.92 Å². The van der Waals surface area contributed by atoms with E-state index in [0.717, 1.165) is 13.1 Å². The lowest BCUT2D eigenvalue weighted by Crippen LogP contribution is -2.25. The maximum Gasteiger partial charge on any atom is 0.0423 e. The number of hydrogen-bond acceptors (Lipinski definition) is 4. The fourth-order valence-electron chi connectivity index (χ4n) is 3.40. The van der Waals surface area contributed by atoms with Crippen molar-refractivity contribution in [1.29, 1.82) is 0 Å². The van der Waals surface area contributed by atoms with Gasteiger partial charge in [-0.25, -0.2) is 0 Å². The number of rotatable bonds is 4. The summed E-state index contributed by atoms with van der Waals surface area (Å²) in [5, 5.41) is 8.48. The van der Waals surface area contributed by atoms with Gasteiger partial charge >= 0.3 is 0 Å². The smallest absolute Gasteiger partial charge is 0.0423 e. The monoisotopic (exact) mass is 323 g/mol. The van der Waals surface area contributed by atoms with Crippen molar-refractivity contribution in [3.63, 3.8) is 0 Å². The van der Waals surface area contributed by atoms with E-state index in [9.17, 15) is 0 Å². The number of hydrogen-bond donors (Lipinski definition) is 1. The Hall–Kier alpha value is -1.91. The molecule has 3 aromatic rings. The summed E-state index contributed by atoms with van der Waals surface area (Å²) < 4.78 is 0. The van der Waals surface area contributed by atoms with Crippen molar-refractivity contribution in [2.75, 3.05) is 18.4 Å². The van der Waals surface area contributed by atoms with E-state index in [1.807, 2.05) is 23.7 Å². The molecule has 0 unspecified atom stereocenters. The summed E-state index contributed by atoms with van der Waals surface area (Å²) in [5.74, 6) is 0. The zero-order chi connectivity index (χ0) is 15.6. The zero-order valence-corrected chi connectivity index (χ0v) is 14.1. The van der Waals surface area contributed by atoms with Gasteiger partial charge in [0.1, 0.15) is 0 Å². The highest BCUT2D eigenvalue weighted by Gasteiger charge is 2.22. The Morgan fingerprint density at radius 1 is 1.35 bits per heavy atom. The minimum absolute atomic E-state index is 0.522. The van der Waals surface area contributed by atoms with Gasteiger partial charge in [-0.3, -0.25) is 9.88 Å². The highest BCUT2D eigenvalue weighted by molar-refractivity contribution is 7.10. The molecule has 2 aromatic heterocycles. The Morgan fingerprint density at radius 3 is 3.17 bits per heavy atom. The molecular weight excluding hydrogens is 302 g/mol. The van der Waals surface area contributed by atoms with Crippen LogP contribution in [0.3, 0.4) is 0 Å². The summed E-state index contributed by atoms with van der Waals surface area (Å²) in [5.41, 5.74) is 2.67. The molecular formula is C19H21N3S. The van der Waals surface area contributed by atoms with Crippen LogP contribution in [0.4, 0.5) is 5.69 Å². The molecule has 1 aromatic carbocycles. The van der Waals surface area contributed by atoms with E-state index < -0.39 is 0 Å². The molecule has 3 heterocycles. The lowest BCUT2D eigenvalue weighted by molar-refractivity contribution is 0.329. The molecule has 4 heteroatoms. The van der Waals surface area contributed by atoms with Gasteiger partial charge in [0.05, 0.1) is 0 Å². The maximum atomic E-state index is 4.21. The summed E-state index contributed by atoms with van der Waals surface area (Å²) >= 11 is 1.84. The molecule has 0 aliphatic carbocycles. The van der Waals surface area contributed by atoms with Crippen molar-refractivity contribution in [1.82, 2.24) is 9.88 Å². The van der Waals surface area contributed by atoms with Gasteiger partial charge in [0.25, 0.3) is 0 Å². The number of benzene rings is 1. The van der Waals surface area contributed by atoms with Crippen molar-refractivity contribution < 1.29 is 0 Å². The maximum absolute atomic E-state index is 4.21. The largest absolute Gasteiger partial charge is 0.380 e. The first-order valence-electron chi connectivity index (χ1n) is 8.13. The molecule has 1 fully saturated rings. The first-order valence-corrected chi connectivity index (χ1v) is 9.01. The van der Waals surface area contributed by atoms with Crippen molar-refractivity contribution in [3.05, 3.63) is 58.5 Å². The summed E-state index contributed by atoms with van der Waals surface area (Å²) in [4.78, 5) is 8.16. The standard InChI is InChI=1S/C19H21N3S/c1-14-9-15(13-23-14)11-22-8-6-17(12-22)21-19-4-2-3-16-10-20-7-5-18(16)19/h2-5,7,9-10,13,17,21H,6,8,11-12H2,1H3/t17-/m1/s1. The fourth-order valence-corrected chi connectivity index (χ4v) is 4.10. The van der Waals surface area contributed by atoms with Crippen LogP contribution in [0.5, 0.6) is 0 Å². The van der Waals surface area contributed by atoms with Crippen LogP contribution in [-0.2, 0) is 6.54 Å². The van der Waals surface area contributed by atoms with Crippen LogP contribution in [0.2, 0.25) is 0 Å². The van der Waals surface area contributed by atoms with E-state index in [2.05, 4.69) is 57.8 Å².